The number of aliphatic hydroxyl groups excluding tert-OH is 2. The zero-order valence-electron chi connectivity index (χ0n) is 14.3. The third-order valence-corrected chi connectivity index (χ3v) is 6.40. The molecule has 6 heteroatoms. The minimum atomic E-state index is -0.418. The average molecular weight is 352 g/mol. The van der Waals surface area contributed by atoms with Gasteiger partial charge in [-0.25, -0.2) is 0 Å². The molecule has 0 radical (unpaired) electrons. The second kappa shape index (κ2) is 9.87. The molecular formula is C16H32O4P2. The van der Waals surface area contributed by atoms with Crippen LogP contribution >= 0.6 is 18.9 Å². The summed E-state index contributed by atoms with van der Waals surface area (Å²) in [7, 11) is 2.14. The van der Waals surface area contributed by atoms with Crippen LogP contribution in [0.4, 0.5) is 0 Å². The molecule has 2 unspecified atom stereocenters. The highest BCUT2D eigenvalue weighted by atomic mass is 31.0. The summed E-state index contributed by atoms with van der Waals surface area (Å²) in [5.74, 6) is 0.945. The summed E-state index contributed by atoms with van der Waals surface area (Å²) in [6, 6.07) is 0. The van der Waals surface area contributed by atoms with Gasteiger partial charge in [0.25, 0.3) is 0 Å². The Bertz CT molecular complexity index is 331. The van der Waals surface area contributed by atoms with E-state index in [0.717, 1.165) is 12.8 Å². The maximum Gasteiger partial charge on any atom is 0.0851 e. The molecule has 130 valence electrons. The standard InChI is InChI=1S/C16H32O4P2/c17-9-8-12-13(16(20-22)10-14(12)18)6-7-15(19-21)11-4-2-1-3-5-11/h11-18H,1-10,21-22H2/t12-,13-,14+,15+,16-/m1/s1/i22T/t12-,13-,14+,15+,16-,22?. The number of hydrogen-bond donors (Lipinski definition) is 2. The van der Waals surface area contributed by atoms with Gasteiger partial charge in [-0.2, -0.15) is 0 Å². The Morgan fingerprint density at radius 1 is 1.18 bits per heavy atom. The summed E-state index contributed by atoms with van der Waals surface area (Å²) in [6.45, 7) is 0.0975. The van der Waals surface area contributed by atoms with E-state index in [2.05, 4.69) is 9.47 Å². The average Bonchev–Trinajstić information content (AvgIpc) is 2.85. The summed E-state index contributed by atoms with van der Waals surface area (Å²) in [5, 5.41) is 19.6. The van der Waals surface area contributed by atoms with Crippen LogP contribution in [-0.4, -0.2) is 36.4 Å². The SMILES string of the molecule is [3H]PO[C@@H]1C[C@H](O)[C@H](CCO)[C@H]1CC[C@H](OP)C1CCCCC1. The number of aliphatic hydroxyl groups is 2. The van der Waals surface area contributed by atoms with Crippen molar-refractivity contribution in [3.8, 4) is 0 Å². The molecule has 0 aromatic rings. The van der Waals surface area contributed by atoms with Crippen LogP contribution in [0.1, 0.15) is 57.8 Å². The Hall–Kier alpha value is 0.700. The van der Waals surface area contributed by atoms with Crippen LogP contribution in [0, 0.1) is 17.8 Å². The Labute approximate surface area is 140 Å². The second-order valence-electron chi connectivity index (χ2n) is 6.95. The van der Waals surface area contributed by atoms with E-state index in [9.17, 15) is 10.2 Å². The highest BCUT2D eigenvalue weighted by molar-refractivity contribution is 7.10. The summed E-state index contributed by atoms with van der Waals surface area (Å²) in [5.41, 5.74) is 0. The number of rotatable bonds is 9. The Morgan fingerprint density at radius 3 is 2.59 bits per heavy atom. The smallest absolute Gasteiger partial charge is 0.0851 e. The van der Waals surface area contributed by atoms with Crippen molar-refractivity contribution >= 4 is 18.9 Å². The maximum atomic E-state index is 10.3. The maximum absolute atomic E-state index is 10.3. The fraction of sp³-hybridized carbons (Fsp3) is 1.00. The highest BCUT2D eigenvalue weighted by Gasteiger charge is 2.42. The minimum Gasteiger partial charge on any atom is -0.396 e. The molecule has 0 aliphatic heterocycles. The quantitative estimate of drug-likeness (QED) is 0.626. The summed E-state index contributed by atoms with van der Waals surface area (Å²) >= 11 is 0. The van der Waals surface area contributed by atoms with Crippen molar-refractivity contribution in [2.45, 2.75) is 76.1 Å². The van der Waals surface area contributed by atoms with Gasteiger partial charge in [-0.1, -0.05) is 19.3 Å². The van der Waals surface area contributed by atoms with E-state index < -0.39 is 6.10 Å². The van der Waals surface area contributed by atoms with E-state index >= 15 is 0 Å². The van der Waals surface area contributed by atoms with Crippen LogP contribution in [0.15, 0.2) is 0 Å². The van der Waals surface area contributed by atoms with Crippen LogP contribution in [0.25, 0.3) is 0 Å². The molecule has 2 rings (SSSR count). The first kappa shape index (κ1) is 17.5. The van der Waals surface area contributed by atoms with Crippen LogP contribution in [0.2, 0.25) is 0 Å². The normalized spacial score (nSPS) is 36.0. The van der Waals surface area contributed by atoms with Gasteiger partial charge in [0.2, 0.25) is 0 Å². The molecule has 2 aliphatic carbocycles. The topological polar surface area (TPSA) is 58.9 Å². The molecule has 2 saturated carbocycles. The Morgan fingerprint density at radius 2 is 1.95 bits per heavy atom. The van der Waals surface area contributed by atoms with Crippen molar-refractivity contribution in [2.75, 3.05) is 6.61 Å². The largest absolute Gasteiger partial charge is 0.396 e. The highest BCUT2D eigenvalue weighted by Crippen LogP contribution is 2.41. The third-order valence-electron chi connectivity index (χ3n) is 5.74. The number of hydrogen-bond acceptors (Lipinski definition) is 4. The van der Waals surface area contributed by atoms with Crippen molar-refractivity contribution in [2.24, 2.45) is 17.8 Å². The zero-order valence-corrected chi connectivity index (χ0v) is 15.5. The summed E-state index contributed by atoms with van der Waals surface area (Å²) in [4.78, 5) is 0. The first-order valence-electron chi connectivity index (χ1n) is 9.18. The lowest BCUT2D eigenvalue weighted by atomic mass is 9.80. The lowest BCUT2D eigenvalue weighted by Gasteiger charge is -2.31. The lowest BCUT2D eigenvalue weighted by Crippen LogP contribution is -2.28. The summed E-state index contributed by atoms with van der Waals surface area (Å²) < 4.78 is 18.6. The molecule has 0 bridgehead atoms. The molecule has 0 aromatic carbocycles. The molecule has 0 saturated heterocycles. The predicted molar refractivity (Wildman–Crippen MR) is 94.3 cm³/mol. The van der Waals surface area contributed by atoms with Crippen molar-refractivity contribution in [3.63, 3.8) is 0 Å². The minimum absolute atomic E-state index is 0.0473. The van der Waals surface area contributed by atoms with Gasteiger partial charge in [0.15, 0.2) is 0 Å². The monoisotopic (exact) mass is 352 g/mol. The molecule has 0 amide bonds. The van der Waals surface area contributed by atoms with E-state index in [4.69, 9.17) is 10.3 Å². The van der Waals surface area contributed by atoms with E-state index in [0.29, 0.717) is 18.8 Å². The Kier molecular flexibility index (Phi) is 7.86. The van der Waals surface area contributed by atoms with E-state index in [-0.39, 0.29) is 40.1 Å². The van der Waals surface area contributed by atoms with Crippen LogP contribution in [-0.2, 0) is 9.05 Å². The predicted octanol–water partition coefficient (Wildman–Crippen LogP) is 3.08. The van der Waals surface area contributed by atoms with Crippen molar-refractivity contribution in [1.29, 1.82) is 1.28 Å². The first-order chi connectivity index (χ1) is 11.2. The van der Waals surface area contributed by atoms with Crippen molar-refractivity contribution in [1.82, 2.24) is 0 Å². The molecule has 4 nitrogen and oxygen atoms in total. The first-order valence-corrected chi connectivity index (χ1v) is 9.56. The van der Waals surface area contributed by atoms with Gasteiger partial charge in [0, 0.05) is 31.9 Å². The third kappa shape index (κ3) is 4.85. The Balaban J connectivity index is 1.92. The van der Waals surface area contributed by atoms with Gasteiger partial charge in [-0.3, -0.25) is 0 Å². The van der Waals surface area contributed by atoms with Gasteiger partial charge in [-0.15, -0.1) is 0 Å². The van der Waals surface area contributed by atoms with E-state index in [1.54, 1.807) is 0 Å². The van der Waals surface area contributed by atoms with E-state index in [1.807, 2.05) is 0 Å². The van der Waals surface area contributed by atoms with Gasteiger partial charge in [0.05, 0.1) is 19.6 Å². The van der Waals surface area contributed by atoms with Gasteiger partial charge >= 0.3 is 0 Å². The fourth-order valence-corrected chi connectivity index (χ4v) is 5.15. The van der Waals surface area contributed by atoms with Gasteiger partial charge in [0.1, 0.15) is 0 Å². The molecule has 2 aliphatic rings. The molecule has 22 heavy (non-hydrogen) atoms. The van der Waals surface area contributed by atoms with E-state index in [1.165, 1.54) is 32.1 Å². The molecule has 0 heterocycles. The van der Waals surface area contributed by atoms with Gasteiger partial charge < -0.3 is 19.3 Å². The fourth-order valence-electron chi connectivity index (χ4n) is 4.52. The molecule has 0 spiro atoms. The summed E-state index contributed by atoms with van der Waals surface area (Å²) in [6.07, 6.45) is 9.35. The molecule has 2 fully saturated rings. The zero-order chi connectivity index (χ0) is 16.7. The molecular weight excluding hydrogens is 318 g/mol. The molecule has 0 aromatic heterocycles. The van der Waals surface area contributed by atoms with Crippen LogP contribution in [0.5, 0.6) is 0 Å². The molecule has 2 N–H and O–H groups in total. The molecule has 7 atom stereocenters. The lowest BCUT2D eigenvalue weighted by molar-refractivity contribution is 0.0741. The van der Waals surface area contributed by atoms with Crippen molar-refractivity contribution in [3.05, 3.63) is 0 Å². The van der Waals surface area contributed by atoms with Crippen molar-refractivity contribution < 1.29 is 19.3 Å². The second-order valence-corrected chi connectivity index (χ2v) is 7.46. The van der Waals surface area contributed by atoms with Crippen LogP contribution < -0.4 is 0 Å². The van der Waals surface area contributed by atoms with Crippen LogP contribution in [0.3, 0.4) is 0 Å². The van der Waals surface area contributed by atoms with Gasteiger partial charge in [-0.05, 0) is 49.9 Å².